The van der Waals surface area contributed by atoms with E-state index in [0.717, 1.165) is 11.6 Å². The highest BCUT2D eigenvalue weighted by atomic mass is 19.4. The number of anilines is 1. The number of ether oxygens (including phenoxy) is 2. The van der Waals surface area contributed by atoms with Gasteiger partial charge < -0.3 is 15.2 Å². The van der Waals surface area contributed by atoms with E-state index in [0.29, 0.717) is 5.75 Å². The standard InChI is InChI=1S/C15H14F3NO2/c1-20-11-4-2-3-10(7-11)9-21-12-5-6-14(19)13(8-12)15(16,17)18/h2-8H,9,19H2,1H3. The summed E-state index contributed by atoms with van der Waals surface area (Å²) < 4.78 is 48.7. The number of nitrogens with two attached hydrogens (primary N) is 1. The van der Waals surface area contributed by atoms with Crippen LogP contribution in [0.15, 0.2) is 42.5 Å². The summed E-state index contributed by atoms with van der Waals surface area (Å²) in [7, 11) is 1.54. The third-order valence-electron chi connectivity index (χ3n) is 2.87. The molecule has 0 saturated carbocycles. The summed E-state index contributed by atoms with van der Waals surface area (Å²) in [6, 6.07) is 10.6. The van der Waals surface area contributed by atoms with Gasteiger partial charge in [0.2, 0.25) is 0 Å². The van der Waals surface area contributed by atoms with Gasteiger partial charge in [0.15, 0.2) is 0 Å². The van der Waals surface area contributed by atoms with Crippen LogP contribution in [0.3, 0.4) is 0 Å². The van der Waals surface area contributed by atoms with Crippen molar-refractivity contribution in [1.82, 2.24) is 0 Å². The number of halogens is 3. The van der Waals surface area contributed by atoms with Crippen LogP contribution < -0.4 is 15.2 Å². The highest BCUT2D eigenvalue weighted by Crippen LogP contribution is 2.35. The Hall–Kier alpha value is -2.37. The molecule has 0 heterocycles. The van der Waals surface area contributed by atoms with Gasteiger partial charge in [-0.25, -0.2) is 0 Å². The van der Waals surface area contributed by atoms with Gasteiger partial charge in [0.1, 0.15) is 18.1 Å². The summed E-state index contributed by atoms with van der Waals surface area (Å²) in [6.07, 6.45) is -4.50. The van der Waals surface area contributed by atoms with E-state index < -0.39 is 11.7 Å². The lowest BCUT2D eigenvalue weighted by Crippen LogP contribution is -2.09. The molecule has 0 atom stereocenters. The second-order valence-corrected chi connectivity index (χ2v) is 4.39. The second-order valence-electron chi connectivity index (χ2n) is 4.39. The zero-order valence-electron chi connectivity index (χ0n) is 11.3. The molecule has 0 bridgehead atoms. The average molecular weight is 297 g/mol. The van der Waals surface area contributed by atoms with Gasteiger partial charge in [-0.1, -0.05) is 12.1 Å². The van der Waals surface area contributed by atoms with Gasteiger partial charge in [0.25, 0.3) is 0 Å². The SMILES string of the molecule is COc1cccc(COc2ccc(N)c(C(F)(F)F)c2)c1. The highest BCUT2D eigenvalue weighted by molar-refractivity contribution is 5.52. The molecule has 3 nitrogen and oxygen atoms in total. The van der Waals surface area contributed by atoms with Crippen LogP contribution in [0.1, 0.15) is 11.1 Å². The van der Waals surface area contributed by atoms with E-state index in [2.05, 4.69) is 0 Å². The maximum atomic E-state index is 12.7. The molecule has 0 aliphatic heterocycles. The van der Waals surface area contributed by atoms with E-state index in [1.165, 1.54) is 19.2 Å². The van der Waals surface area contributed by atoms with Gasteiger partial charge in [0.05, 0.1) is 12.7 Å². The van der Waals surface area contributed by atoms with Gasteiger partial charge in [0, 0.05) is 5.69 Å². The number of methoxy groups -OCH3 is 1. The quantitative estimate of drug-likeness (QED) is 0.871. The maximum Gasteiger partial charge on any atom is 0.418 e. The lowest BCUT2D eigenvalue weighted by Gasteiger charge is -2.13. The first kappa shape index (κ1) is 15.0. The second kappa shape index (κ2) is 5.95. The van der Waals surface area contributed by atoms with Crippen molar-refractivity contribution in [3.05, 3.63) is 53.6 Å². The molecular formula is C15H14F3NO2. The minimum atomic E-state index is -4.50. The molecule has 112 valence electrons. The first-order valence-electron chi connectivity index (χ1n) is 6.12. The monoisotopic (exact) mass is 297 g/mol. The fraction of sp³-hybridized carbons (Fsp3) is 0.200. The number of hydrogen-bond donors (Lipinski definition) is 1. The van der Waals surface area contributed by atoms with E-state index in [1.807, 2.05) is 0 Å². The van der Waals surface area contributed by atoms with Crippen LogP contribution in [0.4, 0.5) is 18.9 Å². The Morgan fingerprint density at radius 2 is 1.81 bits per heavy atom. The molecule has 0 aliphatic carbocycles. The molecule has 0 amide bonds. The number of benzene rings is 2. The summed E-state index contributed by atoms with van der Waals surface area (Å²) >= 11 is 0. The Balaban J connectivity index is 2.13. The Morgan fingerprint density at radius 1 is 1.05 bits per heavy atom. The summed E-state index contributed by atoms with van der Waals surface area (Å²) in [5.41, 5.74) is 4.90. The highest BCUT2D eigenvalue weighted by Gasteiger charge is 2.33. The molecule has 0 radical (unpaired) electrons. The summed E-state index contributed by atoms with van der Waals surface area (Å²) in [5.74, 6) is 0.767. The van der Waals surface area contributed by atoms with Gasteiger partial charge in [-0.2, -0.15) is 13.2 Å². The molecule has 0 aliphatic rings. The topological polar surface area (TPSA) is 44.5 Å². The van der Waals surface area contributed by atoms with Crippen molar-refractivity contribution in [2.45, 2.75) is 12.8 Å². The third kappa shape index (κ3) is 3.81. The molecule has 0 aromatic heterocycles. The first-order chi connectivity index (χ1) is 9.90. The molecule has 0 fully saturated rings. The van der Waals surface area contributed by atoms with E-state index >= 15 is 0 Å². The minimum absolute atomic E-state index is 0.111. The zero-order valence-corrected chi connectivity index (χ0v) is 11.3. The maximum absolute atomic E-state index is 12.7. The lowest BCUT2D eigenvalue weighted by atomic mass is 10.1. The number of nitrogen functional groups attached to an aromatic ring is 1. The summed E-state index contributed by atoms with van der Waals surface area (Å²) in [6.45, 7) is 0.137. The Kier molecular flexibility index (Phi) is 4.26. The fourth-order valence-electron chi connectivity index (χ4n) is 1.80. The molecule has 0 saturated heterocycles. The predicted octanol–water partition coefficient (Wildman–Crippen LogP) is 3.88. The molecule has 2 aromatic carbocycles. The van der Waals surface area contributed by atoms with Crippen molar-refractivity contribution in [3.63, 3.8) is 0 Å². The molecule has 21 heavy (non-hydrogen) atoms. The van der Waals surface area contributed by atoms with Crippen molar-refractivity contribution >= 4 is 5.69 Å². The van der Waals surface area contributed by atoms with Crippen LogP contribution in [0, 0.1) is 0 Å². The minimum Gasteiger partial charge on any atom is -0.497 e. The molecular weight excluding hydrogens is 283 g/mol. The Morgan fingerprint density at radius 3 is 2.48 bits per heavy atom. The summed E-state index contributed by atoms with van der Waals surface area (Å²) in [4.78, 5) is 0. The van der Waals surface area contributed by atoms with Gasteiger partial charge >= 0.3 is 6.18 Å². The van der Waals surface area contributed by atoms with Crippen molar-refractivity contribution in [1.29, 1.82) is 0 Å². The van der Waals surface area contributed by atoms with Crippen LogP contribution >= 0.6 is 0 Å². The largest absolute Gasteiger partial charge is 0.497 e. The van der Waals surface area contributed by atoms with Crippen molar-refractivity contribution in [2.75, 3.05) is 12.8 Å². The van der Waals surface area contributed by atoms with Crippen molar-refractivity contribution < 1.29 is 22.6 Å². The number of alkyl halides is 3. The van der Waals surface area contributed by atoms with Crippen LogP contribution in [-0.4, -0.2) is 7.11 Å². The molecule has 0 unspecified atom stereocenters. The number of rotatable bonds is 4. The van der Waals surface area contributed by atoms with Crippen molar-refractivity contribution in [2.24, 2.45) is 0 Å². The van der Waals surface area contributed by atoms with Crippen LogP contribution in [0.25, 0.3) is 0 Å². The van der Waals surface area contributed by atoms with E-state index in [9.17, 15) is 13.2 Å². The van der Waals surface area contributed by atoms with E-state index in [-0.39, 0.29) is 18.0 Å². The molecule has 6 heteroatoms. The zero-order chi connectivity index (χ0) is 15.5. The van der Waals surface area contributed by atoms with E-state index in [1.54, 1.807) is 24.3 Å². The van der Waals surface area contributed by atoms with Gasteiger partial charge in [-0.3, -0.25) is 0 Å². The fourth-order valence-corrected chi connectivity index (χ4v) is 1.80. The van der Waals surface area contributed by atoms with Gasteiger partial charge in [-0.15, -0.1) is 0 Å². The smallest absolute Gasteiger partial charge is 0.418 e. The molecule has 2 N–H and O–H groups in total. The molecule has 0 spiro atoms. The number of hydrogen-bond acceptors (Lipinski definition) is 3. The van der Waals surface area contributed by atoms with Crippen LogP contribution in [0.2, 0.25) is 0 Å². The average Bonchev–Trinajstić information content (AvgIpc) is 2.45. The van der Waals surface area contributed by atoms with Crippen LogP contribution in [0.5, 0.6) is 11.5 Å². The summed E-state index contributed by atoms with van der Waals surface area (Å²) in [5, 5.41) is 0. The Bertz CT molecular complexity index is 627. The third-order valence-corrected chi connectivity index (χ3v) is 2.87. The van der Waals surface area contributed by atoms with Gasteiger partial charge in [-0.05, 0) is 35.9 Å². The predicted molar refractivity (Wildman–Crippen MR) is 73.2 cm³/mol. The first-order valence-corrected chi connectivity index (χ1v) is 6.12. The molecule has 2 aromatic rings. The molecule has 2 rings (SSSR count). The Labute approximate surface area is 120 Å². The normalized spacial score (nSPS) is 11.2. The lowest BCUT2D eigenvalue weighted by molar-refractivity contribution is -0.137. The van der Waals surface area contributed by atoms with E-state index in [4.69, 9.17) is 15.2 Å². The van der Waals surface area contributed by atoms with Crippen LogP contribution in [-0.2, 0) is 12.8 Å². The van der Waals surface area contributed by atoms with Crippen molar-refractivity contribution in [3.8, 4) is 11.5 Å².